The molecule has 0 amide bonds. The average Bonchev–Trinajstić information content (AvgIpc) is 2.58. The molecular formula is C17H22N4O. The third-order valence-electron chi connectivity index (χ3n) is 4.26. The summed E-state index contributed by atoms with van der Waals surface area (Å²) in [5.41, 5.74) is 8.76. The number of aromatic nitrogens is 2. The standard InChI is InChI=1S/C17H22N4O/c1-22-17-11-13(6-8-20-17)10-16-15(18)5-3-9-21(16)14-4-2-7-19-12-14/h2,4,6-8,11-12,15-16H,3,5,9-10,18H2,1H3. The van der Waals surface area contributed by atoms with E-state index in [4.69, 9.17) is 10.5 Å². The van der Waals surface area contributed by atoms with Crippen LogP contribution < -0.4 is 15.4 Å². The first-order valence-corrected chi connectivity index (χ1v) is 7.69. The Morgan fingerprint density at radius 1 is 1.36 bits per heavy atom. The summed E-state index contributed by atoms with van der Waals surface area (Å²) in [6.45, 7) is 1.02. The smallest absolute Gasteiger partial charge is 0.213 e. The number of rotatable bonds is 4. The summed E-state index contributed by atoms with van der Waals surface area (Å²) >= 11 is 0. The predicted octanol–water partition coefficient (Wildman–Crippen LogP) is 2.02. The maximum Gasteiger partial charge on any atom is 0.213 e. The summed E-state index contributed by atoms with van der Waals surface area (Å²) in [7, 11) is 1.64. The van der Waals surface area contributed by atoms with Gasteiger partial charge in [0.2, 0.25) is 5.88 Å². The van der Waals surface area contributed by atoms with Crippen molar-refractivity contribution in [3.8, 4) is 5.88 Å². The first-order valence-electron chi connectivity index (χ1n) is 7.69. The maximum absolute atomic E-state index is 6.42. The molecule has 5 nitrogen and oxygen atoms in total. The number of hydrogen-bond donors (Lipinski definition) is 1. The molecule has 2 N–H and O–H groups in total. The molecule has 0 aromatic carbocycles. The van der Waals surface area contributed by atoms with Crippen LogP contribution in [-0.4, -0.2) is 35.7 Å². The van der Waals surface area contributed by atoms with Gasteiger partial charge < -0.3 is 15.4 Å². The highest BCUT2D eigenvalue weighted by Gasteiger charge is 2.29. The monoisotopic (exact) mass is 298 g/mol. The summed E-state index contributed by atoms with van der Waals surface area (Å²) < 4.78 is 5.22. The topological polar surface area (TPSA) is 64.3 Å². The number of hydrogen-bond acceptors (Lipinski definition) is 5. The second kappa shape index (κ2) is 6.75. The van der Waals surface area contributed by atoms with Gasteiger partial charge in [0.1, 0.15) is 0 Å². The minimum atomic E-state index is 0.160. The van der Waals surface area contributed by atoms with Gasteiger partial charge >= 0.3 is 0 Å². The lowest BCUT2D eigenvalue weighted by Crippen LogP contribution is -2.53. The number of nitrogens with two attached hydrogens (primary N) is 1. The number of ether oxygens (including phenoxy) is 1. The van der Waals surface area contributed by atoms with Crippen LogP contribution in [0.25, 0.3) is 0 Å². The van der Waals surface area contributed by atoms with E-state index in [1.807, 2.05) is 24.4 Å². The van der Waals surface area contributed by atoms with Crippen LogP contribution in [0.4, 0.5) is 5.69 Å². The summed E-state index contributed by atoms with van der Waals surface area (Å²) in [5, 5.41) is 0. The van der Waals surface area contributed by atoms with Crippen molar-refractivity contribution in [3.05, 3.63) is 48.4 Å². The molecule has 0 spiro atoms. The lowest BCUT2D eigenvalue weighted by atomic mass is 9.91. The highest BCUT2D eigenvalue weighted by Crippen LogP contribution is 2.26. The van der Waals surface area contributed by atoms with E-state index in [1.165, 1.54) is 5.56 Å². The maximum atomic E-state index is 6.42. The van der Waals surface area contributed by atoms with Gasteiger partial charge in [-0.1, -0.05) is 0 Å². The average molecular weight is 298 g/mol. The van der Waals surface area contributed by atoms with Crippen LogP contribution in [-0.2, 0) is 6.42 Å². The van der Waals surface area contributed by atoms with E-state index in [-0.39, 0.29) is 12.1 Å². The molecule has 116 valence electrons. The van der Waals surface area contributed by atoms with Crippen molar-refractivity contribution in [2.75, 3.05) is 18.6 Å². The molecule has 1 aliphatic heterocycles. The van der Waals surface area contributed by atoms with Gasteiger partial charge in [0.05, 0.1) is 19.0 Å². The number of anilines is 1. The number of methoxy groups -OCH3 is 1. The van der Waals surface area contributed by atoms with Gasteiger partial charge in [0.15, 0.2) is 0 Å². The largest absolute Gasteiger partial charge is 0.481 e. The molecule has 3 heterocycles. The lowest BCUT2D eigenvalue weighted by molar-refractivity contribution is 0.389. The van der Waals surface area contributed by atoms with Gasteiger partial charge in [-0.25, -0.2) is 4.98 Å². The number of nitrogens with zero attached hydrogens (tertiary/aromatic N) is 3. The van der Waals surface area contributed by atoms with E-state index in [0.717, 1.165) is 31.5 Å². The van der Waals surface area contributed by atoms with E-state index in [0.29, 0.717) is 5.88 Å². The predicted molar refractivity (Wildman–Crippen MR) is 87.1 cm³/mol. The van der Waals surface area contributed by atoms with Crippen molar-refractivity contribution in [2.24, 2.45) is 5.73 Å². The van der Waals surface area contributed by atoms with E-state index in [1.54, 1.807) is 19.5 Å². The van der Waals surface area contributed by atoms with Gasteiger partial charge in [-0.05, 0) is 43.0 Å². The molecule has 5 heteroatoms. The van der Waals surface area contributed by atoms with Crippen LogP contribution in [0.2, 0.25) is 0 Å². The van der Waals surface area contributed by atoms with Gasteiger partial charge in [0, 0.05) is 37.1 Å². The Balaban J connectivity index is 1.84. The zero-order valence-corrected chi connectivity index (χ0v) is 12.9. The Labute approximate surface area is 131 Å². The second-order valence-corrected chi connectivity index (χ2v) is 5.69. The minimum Gasteiger partial charge on any atom is -0.481 e. The molecule has 3 rings (SSSR count). The molecule has 2 unspecified atom stereocenters. The fraction of sp³-hybridized carbons (Fsp3) is 0.412. The molecule has 0 radical (unpaired) electrons. The number of pyridine rings is 2. The fourth-order valence-corrected chi connectivity index (χ4v) is 3.12. The van der Waals surface area contributed by atoms with Crippen LogP contribution in [0, 0.1) is 0 Å². The molecule has 0 bridgehead atoms. The highest BCUT2D eigenvalue weighted by molar-refractivity contribution is 5.46. The summed E-state index contributed by atoms with van der Waals surface area (Å²) in [4.78, 5) is 10.8. The van der Waals surface area contributed by atoms with Crippen molar-refractivity contribution in [1.82, 2.24) is 9.97 Å². The normalized spacial score (nSPS) is 21.6. The first-order chi connectivity index (χ1) is 10.8. The van der Waals surface area contributed by atoms with Crippen LogP contribution in [0.3, 0.4) is 0 Å². The first kappa shape index (κ1) is 14.8. The van der Waals surface area contributed by atoms with Gasteiger partial charge in [0.25, 0.3) is 0 Å². The Bertz CT molecular complexity index is 605. The third-order valence-corrected chi connectivity index (χ3v) is 4.26. The molecule has 1 fully saturated rings. The summed E-state index contributed by atoms with van der Waals surface area (Å²) in [5.74, 6) is 0.648. The van der Waals surface area contributed by atoms with Crippen molar-refractivity contribution in [3.63, 3.8) is 0 Å². The molecule has 22 heavy (non-hydrogen) atoms. The molecule has 1 aliphatic rings. The van der Waals surface area contributed by atoms with E-state index in [2.05, 4.69) is 20.9 Å². The quantitative estimate of drug-likeness (QED) is 0.935. The van der Waals surface area contributed by atoms with Crippen molar-refractivity contribution in [2.45, 2.75) is 31.3 Å². The van der Waals surface area contributed by atoms with Crippen molar-refractivity contribution >= 4 is 5.69 Å². The van der Waals surface area contributed by atoms with Crippen molar-refractivity contribution in [1.29, 1.82) is 0 Å². The zero-order chi connectivity index (χ0) is 15.4. The molecule has 0 saturated carbocycles. The molecule has 2 aromatic rings. The van der Waals surface area contributed by atoms with E-state index < -0.39 is 0 Å². The van der Waals surface area contributed by atoms with Crippen LogP contribution in [0.5, 0.6) is 5.88 Å². The Hall–Kier alpha value is -2.14. The Morgan fingerprint density at radius 3 is 3.05 bits per heavy atom. The molecular weight excluding hydrogens is 276 g/mol. The Morgan fingerprint density at radius 2 is 2.27 bits per heavy atom. The van der Waals surface area contributed by atoms with Gasteiger partial charge in [-0.2, -0.15) is 0 Å². The summed E-state index contributed by atoms with van der Waals surface area (Å²) in [6, 6.07) is 8.53. The SMILES string of the molecule is COc1cc(CC2C(N)CCCN2c2cccnc2)ccn1. The molecule has 2 atom stereocenters. The molecule has 1 saturated heterocycles. The summed E-state index contributed by atoms with van der Waals surface area (Å²) in [6.07, 6.45) is 8.57. The fourth-order valence-electron chi connectivity index (χ4n) is 3.12. The van der Waals surface area contributed by atoms with Gasteiger partial charge in [-0.15, -0.1) is 0 Å². The third kappa shape index (κ3) is 3.20. The minimum absolute atomic E-state index is 0.160. The Kier molecular flexibility index (Phi) is 4.53. The van der Waals surface area contributed by atoms with Crippen LogP contribution in [0.15, 0.2) is 42.9 Å². The molecule has 0 aliphatic carbocycles. The van der Waals surface area contributed by atoms with E-state index in [9.17, 15) is 0 Å². The second-order valence-electron chi connectivity index (χ2n) is 5.69. The molecule has 2 aromatic heterocycles. The zero-order valence-electron chi connectivity index (χ0n) is 12.9. The number of piperidine rings is 1. The van der Waals surface area contributed by atoms with Crippen LogP contribution >= 0.6 is 0 Å². The van der Waals surface area contributed by atoms with Crippen LogP contribution in [0.1, 0.15) is 18.4 Å². The highest BCUT2D eigenvalue weighted by atomic mass is 16.5. The van der Waals surface area contributed by atoms with Crippen molar-refractivity contribution < 1.29 is 4.74 Å². The lowest BCUT2D eigenvalue weighted by Gasteiger charge is -2.41. The van der Waals surface area contributed by atoms with E-state index >= 15 is 0 Å². The van der Waals surface area contributed by atoms with Gasteiger partial charge in [-0.3, -0.25) is 4.98 Å².